The fourth-order valence-electron chi connectivity index (χ4n) is 1.98. The Kier molecular flexibility index (Phi) is 5.11. The van der Waals surface area contributed by atoms with E-state index in [0.717, 1.165) is 12.1 Å². The second-order valence-corrected chi connectivity index (χ2v) is 5.26. The Morgan fingerprint density at radius 1 is 1.00 bits per heavy atom. The van der Waals surface area contributed by atoms with Gasteiger partial charge in [-0.2, -0.15) is 0 Å². The average Bonchev–Trinajstić information content (AvgIpc) is 2.44. The molecule has 1 unspecified atom stereocenters. The summed E-state index contributed by atoms with van der Waals surface area (Å²) >= 11 is 11.5. The van der Waals surface area contributed by atoms with E-state index in [1.807, 2.05) is 0 Å². The highest BCUT2D eigenvalue weighted by molar-refractivity contribution is 6.31. The van der Waals surface area contributed by atoms with Gasteiger partial charge in [0.2, 0.25) is 0 Å². The third kappa shape index (κ3) is 3.68. The number of halogens is 5. The van der Waals surface area contributed by atoms with Gasteiger partial charge >= 0.3 is 0 Å². The molecule has 0 aliphatic carbocycles. The second kappa shape index (κ2) is 6.66. The monoisotopic (exact) mass is 334 g/mol. The van der Waals surface area contributed by atoms with E-state index < -0.39 is 23.5 Å². The first-order valence-corrected chi connectivity index (χ1v) is 6.72. The predicted molar refractivity (Wildman–Crippen MR) is 76.5 cm³/mol. The molecule has 2 aromatic rings. The van der Waals surface area contributed by atoms with E-state index >= 15 is 0 Å². The Morgan fingerprint density at radius 2 is 1.71 bits per heavy atom. The van der Waals surface area contributed by atoms with Crippen LogP contribution in [0.15, 0.2) is 30.3 Å². The molecule has 0 aliphatic rings. The summed E-state index contributed by atoms with van der Waals surface area (Å²) in [6, 6.07) is 4.85. The van der Waals surface area contributed by atoms with Crippen LogP contribution in [0.25, 0.3) is 0 Å². The minimum atomic E-state index is -0.781. The number of hydrogen-bond donors (Lipinski definition) is 2. The topological polar surface area (TPSA) is 38.0 Å². The molecule has 0 aliphatic heterocycles. The first-order chi connectivity index (χ1) is 9.92. The van der Waals surface area contributed by atoms with E-state index in [1.54, 1.807) is 0 Å². The molecule has 21 heavy (non-hydrogen) atoms. The van der Waals surface area contributed by atoms with E-state index in [9.17, 15) is 13.2 Å². The third-order valence-electron chi connectivity index (χ3n) is 3.05. The van der Waals surface area contributed by atoms with Crippen molar-refractivity contribution in [3.8, 4) is 0 Å². The molecule has 0 spiro atoms. The molecule has 0 saturated heterocycles. The highest BCUT2D eigenvalue weighted by Gasteiger charge is 2.19. The standard InChI is InChI=1S/C14H11Cl2F3N2/c15-10-2-1-8(17)3-7(10)4-14(21-20)9-5-13(19)11(16)6-12(9)18/h1-3,5-6,14,21H,4,20H2. The second-order valence-electron chi connectivity index (χ2n) is 4.45. The normalized spacial score (nSPS) is 12.5. The molecular weight excluding hydrogens is 324 g/mol. The first-order valence-electron chi connectivity index (χ1n) is 5.97. The van der Waals surface area contributed by atoms with Crippen molar-refractivity contribution in [1.29, 1.82) is 0 Å². The van der Waals surface area contributed by atoms with Crippen LogP contribution < -0.4 is 11.3 Å². The largest absolute Gasteiger partial charge is 0.271 e. The van der Waals surface area contributed by atoms with Gasteiger partial charge in [-0.25, -0.2) is 13.2 Å². The highest BCUT2D eigenvalue weighted by Crippen LogP contribution is 2.28. The summed E-state index contributed by atoms with van der Waals surface area (Å²) in [6.07, 6.45) is 0.0884. The van der Waals surface area contributed by atoms with Crippen molar-refractivity contribution in [3.63, 3.8) is 0 Å². The van der Waals surface area contributed by atoms with Crippen LogP contribution in [0.3, 0.4) is 0 Å². The summed E-state index contributed by atoms with van der Waals surface area (Å²) in [5, 5.41) is -0.0118. The van der Waals surface area contributed by atoms with Gasteiger partial charge in [0.1, 0.15) is 17.5 Å². The summed E-state index contributed by atoms with van der Waals surface area (Å²) in [4.78, 5) is 0. The van der Waals surface area contributed by atoms with Crippen molar-refractivity contribution in [2.75, 3.05) is 0 Å². The van der Waals surface area contributed by atoms with Crippen LogP contribution in [0, 0.1) is 17.5 Å². The molecule has 0 amide bonds. The zero-order valence-electron chi connectivity index (χ0n) is 10.6. The van der Waals surface area contributed by atoms with E-state index in [2.05, 4.69) is 5.43 Å². The van der Waals surface area contributed by atoms with Gasteiger partial charge in [-0.15, -0.1) is 0 Å². The van der Waals surface area contributed by atoms with Gasteiger partial charge in [-0.3, -0.25) is 11.3 Å². The van der Waals surface area contributed by atoms with E-state index in [0.29, 0.717) is 10.6 Å². The highest BCUT2D eigenvalue weighted by atomic mass is 35.5. The predicted octanol–water partition coefficient (Wildman–Crippen LogP) is 4.16. The maximum atomic E-state index is 13.9. The van der Waals surface area contributed by atoms with Gasteiger partial charge in [0, 0.05) is 10.6 Å². The Morgan fingerprint density at radius 3 is 2.38 bits per heavy atom. The molecule has 0 radical (unpaired) electrons. The van der Waals surface area contributed by atoms with Gasteiger partial charge in [-0.05, 0) is 42.3 Å². The molecule has 1 atom stereocenters. The molecule has 0 heterocycles. The molecule has 0 saturated carbocycles. The van der Waals surface area contributed by atoms with Crippen LogP contribution in [0.5, 0.6) is 0 Å². The lowest BCUT2D eigenvalue weighted by Crippen LogP contribution is -2.30. The van der Waals surface area contributed by atoms with Gasteiger partial charge in [0.05, 0.1) is 11.1 Å². The van der Waals surface area contributed by atoms with E-state index in [4.69, 9.17) is 29.0 Å². The number of benzene rings is 2. The Bertz CT molecular complexity index is 665. The fourth-order valence-corrected chi connectivity index (χ4v) is 2.33. The van der Waals surface area contributed by atoms with Crippen LogP contribution in [-0.4, -0.2) is 0 Å². The minimum Gasteiger partial charge on any atom is -0.271 e. The lowest BCUT2D eigenvalue weighted by molar-refractivity contribution is 0.501. The number of rotatable bonds is 4. The molecule has 0 aromatic heterocycles. The van der Waals surface area contributed by atoms with E-state index in [1.165, 1.54) is 18.2 Å². The van der Waals surface area contributed by atoms with Gasteiger partial charge in [-0.1, -0.05) is 23.2 Å². The Labute approximate surface area is 129 Å². The summed E-state index contributed by atoms with van der Waals surface area (Å²) in [5.41, 5.74) is 2.78. The van der Waals surface area contributed by atoms with Crippen molar-refractivity contribution in [3.05, 3.63) is 69.0 Å². The van der Waals surface area contributed by atoms with Crippen molar-refractivity contribution in [2.24, 2.45) is 5.84 Å². The van der Waals surface area contributed by atoms with Crippen LogP contribution in [-0.2, 0) is 6.42 Å². The van der Waals surface area contributed by atoms with Gasteiger partial charge in [0.15, 0.2) is 0 Å². The van der Waals surface area contributed by atoms with Gasteiger partial charge in [0.25, 0.3) is 0 Å². The van der Waals surface area contributed by atoms with Crippen LogP contribution in [0.2, 0.25) is 10.0 Å². The Hall–Kier alpha value is -1.27. The molecule has 112 valence electrons. The van der Waals surface area contributed by atoms with Crippen LogP contribution in [0.1, 0.15) is 17.2 Å². The molecule has 0 fully saturated rings. The maximum absolute atomic E-state index is 13.9. The minimum absolute atomic E-state index is 0.0141. The molecule has 2 nitrogen and oxygen atoms in total. The SMILES string of the molecule is NNC(Cc1cc(F)ccc1Cl)c1cc(F)c(Cl)cc1F. The van der Waals surface area contributed by atoms with Gasteiger partial charge < -0.3 is 0 Å². The Balaban J connectivity index is 2.36. The number of nitrogens with two attached hydrogens (primary N) is 1. The van der Waals surface area contributed by atoms with Crippen molar-refractivity contribution < 1.29 is 13.2 Å². The summed E-state index contributed by atoms with van der Waals surface area (Å²) in [5.74, 6) is 3.43. The molecule has 2 rings (SSSR count). The molecule has 7 heteroatoms. The number of nitrogens with one attached hydrogen (secondary N) is 1. The lowest BCUT2D eigenvalue weighted by atomic mass is 9.98. The summed E-state index contributed by atoms with van der Waals surface area (Å²) in [7, 11) is 0. The molecular formula is C14H11Cl2F3N2. The van der Waals surface area contributed by atoms with Crippen LogP contribution in [0.4, 0.5) is 13.2 Å². The van der Waals surface area contributed by atoms with Crippen molar-refractivity contribution in [2.45, 2.75) is 12.5 Å². The first kappa shape index (κ1) is 16.1. The molecule has 2 aromatic carbocycles. The summed E-state index contributed by atoms with van der Waals surface area (Å²) < 4.78 is 40.6. The third-order valence-corrected chi connectivity index (χ3v) is 3.71. The smallest absolute Gasteiger partial charge is 0.142 e. The number of hydrazine groups is 1. The number of hydrogen-bond acceptors (Lipinski definition) is 2. The average molecular weight is 335 g/mol. The fraction of sp³-hybridized carbons (Fsp3) is 0.143. The van der Waals surface area contributed by atoms with Crippen molar-refractivity contribution in [1.82, 2.24) is 5.43 Å². The zero-order chi connectivity index (χ0) is 15.6. The summed E-state index contributed by atoms with van der Waals surface area (Å²) in [6.45, 7) is 0. The lowest BCUT2D eigenvalue weighted by Gasteiger charge is -2.18. The van der Waals surface area contributed by atoms with E-state index in [-0.39, 0.29) is 17.0 Å². The maximum Gasteiger partial charge on any atom is 0.142 e. The molecule has 0 bridgehead atoms. The quantitative estimate of drug-likeness (QED) is 0.500. The zero-order valence-corrected chi connectivity index (χ0v) is 12.2. The van der Waals surface area contributed by atoms with Crippen molar-refractivity contribution >= 4 is 23.2 Å². The molecule has 3 N–H and O–H groups in total. The van der Waals surface area contributed by atoms with Crippen LogP contribution >= 0.6 is 23.2 Å².